The molecule has 1 aromatic rings. The van der Waals surface area contributed by atoms with E-state index >= 15 is 0 Å². The second-order valence-corrected chi connectivity index (χ2v) is 6.36. The minimum absolute atomic E-state index is 0.387. The van der Waals surface area contributed by atoms with Gasteiger partial charge in [0.25, 0.3) is 0 Å². The highest BCUT2D eigenvalue weighted by atomic mass is 32.1. The van der Waals surface area contributed by atoms with Crippen LogP contribution in [0.1, 0.15) is 37.8 Å². The number of aromatic nitrogens is 1. The fraction of sp³-hybridized carbons (Fsp3) is 0.800. The van der Waals surface area contributed by atoms with Gasteiger partial charge in [-0.2, -0.15) is 0 Å². The van der Waals surface area contributed by atoms with Crippen molar-refractivity contribution in [3.8, 4) is 0 Å². The van der Waals surface area contributed by atoms with Gasteiger partial charge in [-0.25, -0.2) is 4.98 Å². The molecule has 3 unspecified atom stereocenters. The molecule has 0 aromatic carbocycles. The van der Waals surface area contributed by atoms with Gasteiger partial charge in [0.15, 0.2) is 0 Å². The molecule has 0 saturated heterocycles. The first-order valence-corrected chi connectivity index (χ1v) is 8.30. The van der Waals surface area contributed by atoms with Gasteiger partial charge in [-0.15, -0.1) is 11.3 Å². The topological polar surface area (TPSA) is 54.4 Å². The summed E-state index contributed by atoms with van der Waals surface area (Å²) in [6.45, 7) is 10.2. The van der Waals surface area contributed by atoms with Crippen molar-refractivity contribution in [1.29, 1.82) is 0 Å². The summed E-state index contributed by atoms with van der Waals surface area (Å²) in [5.74, 6) is 0.623. The summed E-state index contributed by atoms with van der Waals surface area (Å²) in [6, 6.07) is 0.425. The number of thiazole rings is 1. The average Bonchev–Trinajstić information content (AvgIpc) is 2.85. The first kappa shape index (κ1) is 17.6. The maximum atomic E-state index is 9.87. The van der Waals surface area contributed by atoms with Gasteiger partial charge in [-0.1, -0.05) is 20.3 Å². The van der Waals surface area contributed by atoms with Crippen LogP contribution < -0.4 is 5.32 Å². The van der Waals surface area contributed by atoms with Gasteiger partial charge < -0.3 is 15.2 Å². The normalized spacial score (nSPS) is 16.1. The Labute approximate surface area is 126 Å². The van der Waals surface area contributed by atoms with Gasteiger partial charge >= 0.3 is 0 Å². The lowest BCUT2D eigenvalue weighted by molar-refractivity contribution is 0.0365. The van der Waals surface area contributed by atoms with E-state index in [0.717, 1.165) is 18.5 Å². The van der Waals surface area contributed by atoms with E-state index < -0.39 is 6.10 Å². The highest BCUT2D eigenvalue weighted by Crippen LogP contribution is 2.12. The standard InChI is InChI=1S/C15H28N2O2S/c1-5-11(2)12(3)16-8-14(18)9-19-7-6-15-13(4)17-10-20-15/h10-12,14,16,18H,5-9H2,1-4H3. The number of aliphatic hydroxyl groups excluding tert-OH is 1. The number of ether oxygens (including phenoxy) is 1. The molecule has 1 aromatic heterocycles. The zero-order chi connectivity index (χ0) is 15.0. The van der Waals surface area contributed by atoms with Crippen molar-refractivity contribution in [1.82, 2.24) is 10.3 Å². The molecule has 116 valence electrons. The van der Waals surface area contributed by atoms with Crippen molar-refractivity contribution in [2.75, 3.05) is 19.8 Å². The third-order valence-corrected chi connectivity index (χ3v) is 4.80. The molecule has 0 aliphatic rings. The summed E-state index contributed by atoms with van der Waals surface area (Å²) in [4.78, 5) is 5.47. The highest BCUT2D eigenvalue weighted by molar-refractivity contribution is 7.09. The fourth-order valence-electron chi connectivity index (χ4n) is 1.89. The number of hydrogen-bond acceptors (Lipinski definition) is 5. The van der Waals surface area contributed by atoms with Gasteiger partial charge in [0.05, 0.1) is 30.5 Å². The Morgan fingerprint density at radius 1 is 1.45 bits per heavy atom. The molecule has 2 N–H and O–H groups in total. The summed E-state index contributed by atoms with van der Waals surface area (Å²) >= 11 is 1.66. The monoisotopic (exact) mass is 300 g/mol. The molecule has 0 spiro atoms. The van der Waals surface area contributed by atoms with Crippen LogP contribution in [0, 0.1) is 12.8 Å². The van der Waals surface area contributed by atoms with E-state index in [0.29, 0.717) is 31.7 Å². The summed E-state index contributed by atoms with van der Waals surface area (Å²) < 4.78 is 5.53. The fourth-order valence-corrected chi connectivity index (χ4v) is 2.65. The molecular formula is C15H28N2O2S. The van der Waals surface area contributed by atoms with Gasteiger partial charge in [0.1, 0.15) is 0 Å². The van der Waals surface area contributed by atoms with Crippen molar-refractivity contribution < 1.29 is 9.84 Å². The van der Waals surface area contributed by atoms with Crippen LogP contribution in [-0.4, -0.2) is 42.0 Å². The molecular weight excluding hydrogens is 272 g/mol. The minimum Gasteiger partial charge on any atom is -0.389 e. The molecule has 0 radical (unpaired) electrons. The van der Waals surface area contributed by atoms with Crippen LogP contribution in [0.3, 0.4) is 0 Å². The van der Waals surface area contributed by atoms with Crippen LogP contribution in [0.25, 0.3) is 0 Å². The van der Waals surface area contributed by atoms with Crippen LogP contribution in [0.15, 0.2) is 5.51 Å². The number of hydrogen-bond donors (Lipinski definition) is 2. The van der Waals surface area contributed by atoms with Crippen LogP contribution in [0.2, 0.25) is 0 Å². The summed E-state index contributed by atoms with van der Waals surface area (Å²) in [7, 11) is 0. The quantitative estimate of drug-likeness (QED) is 0.652. The lowest BCUT2D eigenvalue weighted by Crippen LogP contribution is -2.39. The second-order valence-electron chi connectivity index (χ2n) is 5.42. The Balaban J connectivity index is 2.08. The Morgan fingerprint density at radius 3 is 2.80 bits per heavy atom. The SMILES string of the molecule is CCC(C)C(C)NCC(O)COCCc1scnc1C. The molecule has 1 heterocycles. The predicted molar refractivity (Wildman–Crippen MR) is 84.3 cm³/mol. The van der Waals surface area contributed by atoms with Crippen LogP contribution >= 0.6 is 11.3 Å². The first-order valence-electron chi connectivity index (χ1n) is 7.42. The maximum Gasteiger partial charge on any atom is 0.0897 e. The summed E-state index contributed by atoms with van der Waals surface area (Å²) in [5.41, 5.74) is 2.95. The Kier molecular flexibility index (Phi) is 8.30. The van der Waals surface area contributed by atoms with E-state index in [-0.39, 0.29) is 0 Å². The van der Waals surface area contributed by atoms with E-state index in [2.05, 4.69) is 31.1 Å². The minimum atomic E-state index is -0.441. The van der Waals surface area contributed by atoms with E-state index in [4.69, 9.17) is 4.74 Å². The van der Waals surface area contributed by atoms with Gasteiger partial charge in [-0.05, 0) is 19.8 Å². The van der Waals surface area contributed by atoms with Crippen LogP contribution in [-0.2, 0) is 11.2 Å². The number of rotatable bonds is 10. The Hall–Kier alpha value is -0.490. The molecule has 0 aliphatic heterocycles. The molecule has 0 bridgehead atoms. The average molecular weight is 300 g/mol. The van der Waals surface area contributed by atoms with E-state index in [1.807, 2.05) is 12.4 Å². The van der Waals surface area contributed by atoms with E-state index in [1.54, 1.807) is 11.3 Å². The number of aliphatic hydroxyl groups is 1. The number of nitrogens with zero attached hydrogens (tertiary/aromatic N) is 1. The lowest BCUT2D eigenvalue weighted by Gasteiger charge is -2.21. The molecule has 5 heteroatoms. The molecule has 20 heavy (non-hydrogen) atoms. The third-order valence-electron chi connectivity index (χ3n) is 3.80. The molecule has 4 nitrogen and oxygen atoms in total. The molecule has 3 atom stereocenters. The van der Waals surface area contributed by atoms with E-state index in [9.17, 15) is 5.11 Å². The van der Waals surface area contributed by atoms with Gasteiger partial charge in [-0.3, -0.25) is 0 Å². The number of nitrogens with one attached hydrogen (secondary N) is 1. The molecule has 0 aliphatic carbocycles. The maximum absolute atomic E-state index is 9.87. The second kappa shape index (κ2) is 9.45. The zero-order valence-corrected chi connectivity index (χ0v) is 13.9. The largest absolute Gasteiger partial charge is 0.389 e. The van der Waals surface area contributed by atoms with E-state index in [1.165, 1.54) is 4.88 Å². The van der Waals surface area contributed by atoms with Crippen molar-refractivity contribution in [3.63, 3.8) is 0 Å². The van der Waals surface area contributed by atoms with Crippen molar-refractivity contribution in [3.05, 3.63) is 16.1 Å². The Bertz CT molecular complexity index is 371. The Morgan fingerprint density at radius 2 is 2.20 bits per heavy atom. The molecule has 0 saturated carbocycles. The molecule has 0 amide bonds. The smallest absolute Gasteiger partial charge is 0.0897 e. The van der Waals surface area contributed by atoms with Crippen molar-refractivity contribution in [2.24, 2.45) is 5.92 Å². The molecule has 1 rings (SSSR count). The highest BCUT2D eigenvalue weighted by Gasteiger charge is 2.12. The van der Waals surface area contributed by atoms with Crippen LogP contribution in [0.4, 0.5) is 0 Å². The first-order chi connectivity index (χ1) is 9.54. The van der Waals surface area contributed by atoms with Gasteiger partial charge in [0, 0.05) is 23.9 Å². The van der Waals surface area contributed by atoms with Crippen molar-refractivity contribution in [2.45, 2.75) is 52.7 Å². The zero-order valence-electron chi connectivity index (χ0n) is 13.1. The predicted octanol–water partition coefficient (Wildman–Crippen LogP) is 2.40. The third kappa shape index (κ3) is 6.31. The molecule has 0 fully saturated rings. The number of aryl methyl sites for hydroxylation is 1. The van der Waals surface area contributed by atoms with Gasteiger partial charge in [0.2, 0.25) is 0 Å². The van der Waals surface area contributed by atoms with Crippen LogP contribution in [0.5, 0.6) is 0 Å². The summed E-state index contributed by atoms with van der Waals surface area (Å²) in [5, 5.41) is 13.2. The lowest BCUT2D eigenvalue weighted by atomic mass is 10.0. The van der Waals surface area contributed by atoms with Crippen molar-refractivity contribution >= 4 is 11.3 Å². The summed E-state index contributed by atoms with van der Waals surface area (Å²) in [6.07, 6.45) is 1.58.